The third kappa shape index (κ3) is 0.894. The molecule has 0 unspecified atom stereocenters. The Balaban J connectivity index is 2.24. The summed E-state index contributed by atoms with van der Waals surface area (Å²) in [6, 6.07) is 0.307. The van der Waals surface area contributed by atoms with Crippen LogP contribution in [0.15, 0.2) is 12.4 Å². The van der Waals surface area contributed by atoms with Gasteiger partial charge in [0.2, 0.25) is 0 Å². The zero-order valence-electron chi connectivity index (χ0n) is 7.78. The lowest BCUT2D eigenvalue weighted by Gasteiger charge is -1.97. The number of nitrogens with zero attached hydrogens (tertiary/aromatic N) is 2. The fourth-order valence-electron chi connectivity index (χ4n) is 1.92. The van der Waals surface area contributed by atoms with Crippen LogP contribution in [0.1, 0.15) is 25.3 Å². The van der Waals surface area contributed by atoms with Gasteiger partial charge >= 0.3 is 0 Å². The Bertz CT molecular complexity index is 300. The van der Waals surface area contributed by atoms with Crippen LogP contribution in [0.5, 0.6) is 0 Å². The van der Waals surface area contributed by atoms with Crippen molar-refractivity contribution in [2.45, 2.75) is 25.8 Å². The van der Waals surface area contributed by atoms with Crippen molar-refractivity contribution in [3.05, 3.63) is 18.0 Å². The SMILES string of the molecule is Cn1cc([C@H]2[C@H](N)C2(C)C)cn1. The standard InChI is InChI=1S/C9H15N3/c1-9(2)7(8(9)10)6-4-11-12(3)5-6/h4-5,7-8H,10H2,1-3H3/t7-,8-/m0/s1. The molecule has 1 aromatic heterocycles. The summed E-state index contributed by atoms with van der Waals surface area (Å²) in [5, 5.41) is 4.14. The van der Waals surface area contributed by atoms with Crippen molar-refractivity contribution < 1.29 is 0 Å². The molecule has 1 fully saturated rings. The largest absolute Gasteiger partial charge is 0.327 e. The van der Waals surface area contributed by atoms with Gasteiger partial charge in [-0.3, -0.25) is 4.68 Å². The summed E-state index contributed by atoms with van der Waals surface area (Å²) in [6.45, 7) is 4.41. The summed E-state index contributed by atoms with van der Waals surface area (Å²) in [5.74, 6) is 0.506. The van der Waals surface area contributed by atoms with Crippen LogP contribution in [-0.4, -0.2) is 15.8 Å². The summed E-state index contributed by atoms with van der Waals surface area (Å²) in [4.78, 5) is 0. The van der Waals surface area contributed by atoms with Crippen molar-refractivity contribution in [3.8, 4) is 0 Å². The molecule has 3 nitrogen and oxygen atoms in total. The van der Waals surface area contributed by atoms with Crippen LogP contribution in [0.2, 0.25) is 0 Å². The smallest absolute Gasteiger partial charge is 0.0525 e. The molecule has 1 heterocycles. The highest BCUT2D eigenvalue weighted by Gasteiger charge is 2.56. The van der Waals surface area contributed by atoms with E-state index in [2.05, 4.69) is 25.1 Å². The fourth-order valence-corrected chi connectivity index (χ4v) is 1.92. The molecule has 1 saturated carbocycles. The second-order valence-electron chi connectivity index (χ2n) is 4.27. The zero-order valence-corrected chi connectivity index (χ0v) is 7.78. The molecule has 0 radical (unpaired) electrons. The van der Waals surface area contributed by atoms with Crippen molar-refractivity contribution in [2.24, 2.45) is 18.2 Å². The van der Waals surface area contributed by atoms with E-state index in [-0.39, 0.29) is 5.41 Å². The van der Waals surface area contributed by atoms with Crippen LogP contribution >= 0.6 is 0 Å². The molecular weight excluding hydrogens is 150 g/mol. The third-order valence-electron chi connectivity index (χ3n) is 2.99. The minimum Gasteiger partial charge on any atom is -0.327 e. The average Bonchev–Trinajstić information content (AvgIpc) is 2.38. The first kappa shape index (κ1) is 7.80. The first-order chi connectivity index (χ1) is 5.53. The zero-order chi connectivity index (χ0) is 8.93. The van der Waals surface area contributed by atoms with Gasteiger partial charge in [-0.2, -0.15) is 5.10 Å². The Labute approximate surface area is 72.6 Å². The van der Waals surface area contributed by atoms with Gasteiger partial charge in [-0.25, -0.2) is 0 Å². The molecule has 1 aliphatic rings. The Morgan fingerprint density at radius 3 is 2.50 bits per heavy atom. The van der Waals surface area contributed by atoms with Crippen molar-refractivity contribution in [3.63, 3.8) is 0 Å². The number of nitrogens with two attached hydrogens (primary N) is 1. The topological polar surface area (TPSA) is 43.8 Å². The molecule has 0 bridgehead atoms. The van der Waals surface area contributed by atoms with Gasteiger partial charge in [0.15, 0.2) is 0 Å². The number of hydrogen-bond acceptors (Lipinski definition) is 2. The van der Waals surface area contributed by atoms with E-state index in [0.29, 0.717) is 12.0 Å². The monoisotopic (exact) mass is 165 g/mol. The molecule has 12 heavy (non-hydrogen) atoms. The summed E-state index contributed by atoms with van der Waals surface area (Å²) in [5.41, 5.74) is 7.49. The van der Waals surface area contributed by atoms with E-state index in [1.54, 1.807) is 0 Å². The Hall–Kier alpha value is -0.830. The van der Waals surface area contributed by atoms with E-state index in [4.69, 9.17) is 5.73 Å². The normalized spacial score (nSPS) is 32.0. The first-order valence-corrected chi connectivity index (χ1v) is 4.27. The van der Waals surface area contributed by atoms with Crippen molar-refractivity contribution >= 4 is 0 Å². The van der Waals surface area contributed by atoms with Gasteiger partial charge in [-0.05, 0) is 11.0 Å². The quantitative estimate of drug-likeness (QED) is 0.671. The Kier molecular flexibility index (Phi) is 1.37. The van der Waals surface area contributed by atoms with Crippen molar-refractivity contribution in [1.29, 1.82) is 0 Å². The highest BCUT2D eigenvalue weighted by atomic mass is 15.2. The van der Waals surface area contributed by atoms with Gasteiger partial charge in [0.1, 0.15) is 0 Å². The maximum absolute atomic E-state index is 5.95. The maximum Gasteiger partial charge on any atom is 0.0525 e. The van der Waals surface area contributed by atoms with Crippen LogP contribution in [-0.2, 0) is 7.05 Å². The molecule has 0 saturated heterocycles. The number of hydrogen-bond donors (Lipinski definition) is 1. The lowest BCUT2D eigenvalue weighted by molar-refractivity contribution is 0.599. The molecule has 2 atom stereocenters. The van der Waals surface area contributed by atoms with Crippen LogP contribution in [0, 0.1) is 5.41 Å². The van der Waals surface area contributed by atoms with Crippen LogP contribution in [0.3, 0.4) is 0 Å². The minimum absolute atomic E-state index is 0.267. The van der Waals surface area contributed by atoms with E-state index in [9.17, 15) is 0 Å². The van der Waals surface area contributed by atoms with Crippen LogP contribution in [0.25, 0.3) is 0 Å². The molecular formula is C9H15N3. The molecule has 1 aliphatic carbocycles. The van der Waals surface area contributed by atoms with Crippen molar-refractivity contribution in [1.82, 2.24) is 9.78 Å². The summed E-state index contributed by atoms with van der Waals surface area (Å²) < 4.78 is 1.83. The fraction of sp³-hybridized carbons (Fsp3) is 0.667. The summed E-state index contributed by atoms with van der Waals surface area (Å²) in [7, 11) is 1.93. The van der Waals surface area contributed by atoms with Gasteiger partial charge < -0.3 is 5.73 Å². The third-order valence-corrected chi connectivity index (χ3v) is 2.99. The molecule has 0 amide bonds. The Morgan fingerprint density at radius 1 is 1.58 bits per heavy atom. The molecule has 0 aliphatic heterocycles. The Morgan fingerprint density at radius 2 is 2.17 bits per heavy atom. The number of rotatable bonds is 1. The predicted molar refractivity (Wildman–Crippen MR) is 47.7 cm³/mol. The second kappa shape index (κ2) is 2.10. The molecule has 2 N–H and O–H groups in total. The van der Waals surface area contributed by atoms with Gasteiger partial charge in [0.05, 0.1) is 6.20 Å². The highest BCUT2D eigenvalue weighted by molar-refractivity contribution is 5.30. The highest BCUT2D eigenvalue weighted by Crippen LogP contribution is 2.57. The minimum atomic E-state index is 0.267. The summed E-state index contributed by atoms with van der Waals surface area (Å²) >= 11 is 0. The van der Waals surface area contributed by atoms with E-state index in [0.717, 1.165) is 0 Å². The molecule has 2 rings (SSSR count). The lowest BCUT2D eigenvalue weighted by Crippen LogP contribution is -2.06. The van der Waals surface area contributed by atoms with E-state index < -0.39 is 0 Å². The molecule has 3 heteroatoms. The number of aryl methyl sites for hydroxylation is 1. The van der Waals surface area contributed by atoms with Crippen LogP contribution < -0.4 is 5.73 Å². The number of aromatic nitrogens is 2. The van der Waals surface area contributed by atoms with Gasteiger partial charge in [-0.15, -0.1) is 0 Å². The molecule has 0 spiro atoms. The van der Waals surface area contributed by atoms with Gasteiger partial charge in [0, 0.05) is 25.2 Å². The lowest BCUT2D eigenvalue weighted by atomic mass is 10.1. The summed E-state index contributed by atoms with van der Waals surface area (Å²) in [6.07, 6.45) is 3.97. The second-order valence-corrected chi connectivity index (χ2v) is 4.27. The first-order valence-electron chi connectivity index (χ1n) is 4.27. The van der Waals surface area contributed by atoms with Crippen molar-refractivity contribution in [2.75, 3.05) is 0 Å². The average molecular weight is 165 g/mol. The molecule has 0 aromatic carbocycles. The maximum atomic E-state index is 5.95. The van der Waals surface area contributed by atoms with Gasteiger partial charge in [-0.1, -0.05) is 13.8 Å². The van der Waals surface area contributed by atoms with Crippen LogP contribution in [0.4, 0.5) is 0 Å². The van der Waals surface area contributed by atoms with E-state index >= 15 is 0 Å². The van der Waals surface area contributed by atoms with Gasteiger partial charge in [0.25, 0.3) is 0 Å². The predicted octanol–water partition coefficient (Wildman–Crippen LogP) is 0.871. The van der Waals surface area contributed by atoms with E-state index in [1.165, 1.54) is 5.56 Å². The molecule has 66 valence electrons. The van der Waals surface area contributed by atoms with E-state index in [1.807, 2.05) is 17.9 Å². The molecule has 1 aromatic rings.